The molecule has 23 heavy (non-hydrogen) atoms. The zero-order chi connectivity index (χ0) is 16.2. The van der Waals surface area contributed by atoms with Gasteiger partial charge in [-0.2, -0.15) is 5.10 Å². The summed E-state index contributed by atoms with van der Waals surface area (Å²) in [5.74, 6) is -1.19. The molecule has 1 atom stereocenters. The van der Waals surface area contributed by atoms with Crippen molar-refractivity contribution in [3.05, 3.63) is 42.5 Å². The Morgan fingerprint density at radius 2 is 2.26 bits per heavy atom. The van der Waals surface area contributed by atoms with Crippen molar-refractivity contribution in [3.63, 3.8) is 0 Å². The van der Waals surface area contributed by atoms with Gasteiger partial charge in [0.2, 0.25) is 0 Å². The van der Waals surface area contributed by atoms with E-state index in [4.69, 9.17) is 0 Å². The number of nitrogens with zero attached hydrogens (tertiary/aromatic N) is 4. The summed E-state index contributed by atoms with van der Waals surface area (Å²) in [7, 11) is 0. The van der Waals surface area contributed by atoms with E-state index in [-0.39, 0.29) is 17.6 Å². The number of urea groups is 1. The molecule has 1 aromatic heterocycles. The molecule has 1 aliphatic rings. The summed E-state index contributed by atoms with van der Waals surface area (Å²) in [6.45, 7) is 1.87. The third kappa shape index (κ3) is 3.82. The second kappa shape index (κ2) is 6.72. The molecule has 1 aromatic carbocycles. The number of amides is 2. The van der Waals surface area contributed by atoms with Crippen LogP contribution in [-0.2, 0) is 6.54 Å². The number of nitrogens with one attached hydrogen (secondary N) is 1. The van der Waals surface area contributed by atoms with Gasteiger partial charge in [0.15, 0.2) is 0 Å². The molecular weight excluding hydrogens is 304 g/mol. The summed E-state index contributed by atoms with van der Waals surface area (Å²) in [6, 6.07) is 2.71. The standard InChI is InChI=1S/C15H17F2N5O/c16-12-3-4-14(13(17)6-12)20-15(23)21-5-1-2-11(7-21)8-22-10-18-9-19-22/h3-4,6,9-11H,1-2,5,7-8H2,(H,20,23)/t11-/m1/s1. The molecule has 1 saturated heterocycles. The Balaban J connectivity index is 1.60. The molecule has 0 radical (unpaired) electrons. The largest absolute Gasteiger partial charge is 0.324 e. The maximum Gasteiger partial charge on any atom is 0.321 e. The van der Waals surface area contributed by atoms with E-state index in [1.165, 1.54) is 12.4 Å². The molecule has 0 unspecified atom stereocenters. The molecule has 0 aliphatic carbocycles. The smallest absolute Gasteiger partial charge is 0.321 e. The highest BCUT2D eigenvalue weighted by Gasteiger charge is 2.24. The van der Waals surface area contributed by atoms with Crippen LogP contribution in [0.5, 0.6) is 0 Å². The van der Waals surface area contributed by atoms with E-state index in [0.717, 1.165) is 25.0 Å². The van der Waals surface area contributed by atoms with Crippen LogP contribution in [0.2, 0.25) is 0 Å². The summed E-state index contributed by atoms with van der Waals surface area (Å²) in [4.78, 5) is 17.8. The van der Waals surface area contributed by atoms with Gasteiger partial charge in [0, 0.05) is 25.7 Å². The summed E-state index contributed by atoms with van der Waals surface area (Å²) in [5.41, 5.74) is -0.0187. The molecule has 8 heteroatoms. The predicted octanol–water partition coefficient (Wildman–Crippen LogP) is 2.50. The van der Waals surface area contributed by atoms with Gasteiger partial charge in [0.1, 0.15) is 24.3 Å². The number of hydrogen-bond acceptors (Lipinski definition) is 3. The van der Waals surface area contributed by atoms with Crippen molar-refractivity contribution in [3.8, 4) is 0 Å². The zero-order valence-corrected chi connectivity index (χ0v) is 12.5. The first-order valence-corrected chi connectivity index (χ1v) is 7.45. The average Bonchev–Trinajstić information content (AvgIpc) is 3.03. The van der Waals surface area contributed by atoms with Gasteiger partial charge >= 0.3 is 6.03 Å². The molecule has 2 aromatic rings. The molecule has 1 aliphatic heterocycles. The quantitative estimate of drug-likeness (QED) is 0.945. The van der Waals surface area contributed by atoms with Crippen LogP contribution in [0.15, 0.2) is 30.9 Å². The molecule has 1 N–H and O–H groups in total. The number of piperidine rings is 1. The number of rotatable bonds is 3. The first kappa shape index (κ1) is 15.4. The fourth-order valence-corrected chi connectivity index (χ4v) is 2.78. The van der Waals surface area contributed by atoms with Crippen LogP contribution in [0.3, 0.4) is 0 Å². The Labute approximate surface area is 132 Å². The van der Waals surface area contributed by atoms with Crippen molar-refractivity contribution >= 4 is 11.7 Å². The molecule has 0 spiro atoms. The summed E-state index contributed by atoms with van der Waals surface area (Å²) in [6.07, 6.45) is 4.99. The minimum Gasteiger partial charge on any atom is -0.324 e. The van der Waals surface area contributed by atoms with Gasteiger partial charge in [-0.15, -0.1) is 0 Å². The van der Waals surface area contributed by atoms with Crippen molar-refractivity contribution < 1.29 is 13.6 Å². The van der Waals surface area contributed by atoms with Gasteiger partial charge < -0.3 is 10.2 Å². The fraction of sp³-hybridized carbons (Fsp3) is 0.400. The van der Waals surface area contributed by atoms with E-state index < -0.39 is 11.6 Å². The first-order chi connectivity index (χ1) is 11.1. The predicted molar refractivity (Wildman–Crippen MR) is 79.7 cm³/mol. The van der Waals surface area contributed by atoms with Gasteiger partial charge in [0.05, 0.1) is 5.69 Å². The fourth-order valence-electron chi connectivity index (χ4n) is 2.78. The van der Waals surface area contributed by atoms with Crippen LogP contribution in [0, 0.1) is 17.6 Å². The third-order valence-electron chi connectivity index (χ3n) is 3.89. The van der Waals surface area contributed by atoms with Crippen LogP contribution < -0.4 is 5.32 Å². The number of benzene rings is 1. The molecule has 122 valence electrons. The lowest BCUT2D eigenvalue weighted by atomic mass is 9.98. The Morgan fingerprint density at radius 1 is 1.39 bits per heavy atom. The lowest BCUT2D eigenvalue weighted by Crippen LogP contribution is -2.43. The van der Waals surface area contributed by atoms with E-state index in [0.29, 0.717) is 19.6 Å². The Morgan fingerprint density at radius 3 is 3.00 bits per heavy atom. The molecule has 3 rings (SSSR count). The Bertz CT molecular complexity index is 677. The highest BCUT2D eigenvalue weighted by atomic mass is 19.1. The van der Waals surface area contributed by atoms with Crippen LogP contribution in [-0.4, -0.2) is 38.8 Å². The Kier molecular flexibility index (Phi) is 4.50. The lowest BCUT2D eigenvalue weighted by molar-refractivity contribution is 0.168. The van der Waals surface area contributed by atoms with E-state index in [9.17, 15) is 13.6 Å². The second-order valence-electron chi connectivity index (χ2n) is 5.63. The van der Waals surface area contributed by atoms with Gasteiger partial charge in [-0.25, -0.2) is 18.6 Å². The van der Waals surface area contributed by atoms with Crippen LogP contribution in [0.4, 0.5) is 19.3 Å². The molecule has 0 bridgehead atoms. The molecule has 6 nitrogen and oxygen atoms in total. The molecular formula is C15H17F2N5O. The number of hydrogen-bond donors (Lipinski definition) is 1. The molecule has 2 amide bonds. The summed E-state index contributed by atoms with van der Waals surface area (Å²) < 4.78 is 28.3. The van der Waals surface area contributed by atoms with Gasteiger partial charge in [-0.1, -0.05) is 0 Å². The number of carbonyl (C=O) groups is 1. The van der Waals surface area contributed by atoms with Crippen LogP contribution in [0.1, 0.15) is 12.8 Å². The number of likely N-dealkylation sites (tertiary alicyclic amines) is 1. The lowest BCUT2D eigenvalue weighted by Gasteiger charge is -2.32. The summed E-state index contributed by atoms with van der Waals surface area (Å²) in [5, 5.41) is 6.57. The maximum atomic E-state index is 13.6. The van der Waals surface area contributed by atoms with Crippen LogP contribution >= 0.6 is 0 Å². The van der Waals surface area contributed by atoms with Gasteiger partial charge in [-0.05, 0) is 30.9 Å². The summed E-state index contributed by atoms with van der Waals surface area (Å²) >= 11 is 0. The van der Waals surface area contributed by atoms with Gasteiger partial charge in [-0.3, -0.25) is 4.68 Å². The highest BCUT2D eigenvalue weighted by molar-refractivity contribution is 5.89. The topological polar surface area (TPSA) is 63.1 Å². The average molecular weight is 321 g/mol. The van der Waals surface area contributed by atoms with E-state index >= 15 is 0 Å². The maximum absolute atomic E-state index is 13.6. The zero-order valence-electron chi connectivity index (χ0n) is 12.5. The van der Waals surface area contributed by atoms with Crippen molar-refractivity contribution in [1.29, 1.82) is 0 Å². The van der Waals surface area contributed by atoms with Crippen molar-refractivity contribution in [2.24, 2.45) is 5.92 Å². The van der Waals surface area contributed by atoms with Crippen molar-refractivity contribution in [2.45, 2.75) is 19.4 Å². The minimum absolute atomic E-state index is 0.0187. The second-order valence-corrected chi connectivity index (χ2v) is 5.63. The van der Waals surface area contributed by atoms with Crippen LogP contribution in [0.25, 0.3) is 0 Å². The molecule has 1 fully saturated rings. The van der Waals surface area contributed by atoms with E-state index in [2.05, 4.69) is 15.4 Å². The monoisotopic (exact) mass is 321 g/mol. The van der Waals surface area contributed by atoms with E-state index in [1.54, 1.807) is 15.9 Å². The minimum atomic E-state index is -0.783. The number of halogens is 2. The third-order valence-corrected chi connectivity index (χ3v) is 3.89. The number of anilines is 1. The van der Waals surface area contributed by atoms with Crippen molar-refractivity contribution in [2.75, 3.05) is 18.4 Å². The van der Waals surface area contributed by atoms with E-state index in [1.807, 2.05) is 0 Å². The number of aromatic nitrogens is 3. The van der Waals surface area contributed by atoms with Crippen molar-refractivity contribution in [1.82, 2.24) is 19.7 Å². The normalized spacial score (nSPS) is 18.0. The highest BCUT2D eigenvalue weighted by Crippen LogP contribution is 2.20. The Hall–Kier alpha value is -2.51. The first-order valence-electron chi connectivity index (χ1n) is 7.45. The SMILES string of the molecule is O=C(Nc1ccc(F)cc1F)N1CCC[C@@H](Cn2cncn2)C1. The molecule has 0 saturated carbocycles. The number of carbonyl (C=O) groups excluding carboxylic acids is 1. The van der Waals surface area contributed by atoms with Gasteiger partial charge in [0.25, 0.3) is 0 Å². The molecule has 2 heterocycles.